The van der Waals surface area contributed by atoms with Crippen LogP contribution >= 0.6 is 11.8 Å². The fourth-order valence-corrected chi connectivity index (χ4v) is 5.53. The van der Waals surface area contributed by atoms with Gasteiger partial charge in [-0.15, -0.1) is 0 Å². The molecule has 0 radical (unpaired) electrons. The van der Waals surface area contributed by atoms with Crippen LogP contribution in [0.25, 0.3) is 11.2 Å². The van der Waals surface area contributed by atoms with E-state index in [4.69, 9.17) is 15.6 Å². The molecule has 12 heteroatoms. The Balaban J connectivity index is 1.39. The van der Waals surface area contributed by atoms with E-state index in [2.05, 4.69) is 20.3 Å². The van der Waals surface area contributed by atoms with Crippen LogP contribution < -0.4 is 11.1 Å². The Morgan fingerprint density at radius 1 is 1.24 bits per heavy atom. The normalized spacial score (nSPS) is 27.1. The highest BCUT2D eigenvalue weighted by atomic mass is 32.2. The molecule has 2 aliphatic rings. The van der Waals surface area contributed by atoms with Crippen molar-refractivity contribution in [1.82, 2.24) is 19.5 Å². The maximum atomic E-state index is 10.8. The summed E-state index contributed by atoms with van der Waals surface area (Å²) in [5, 5.41) is 33.4. The Bertz CT molecular complexity index is 939. The van der Waals surface area contributed by atoms with Gasteiger partial charge >= 0.3 is 5.97 Å². The summed E-state index contributed by atoms with van der Waals surface area (Å²) in [7, 11) is 0. The van der Waals surface area contributed by atoms with Gasteiger partial charge in [0.05, 0.1) is 12.4 Å². The van der Waals surface area contributed by atoms with E-state index in [9.17, 15) is 15.0 Å². The van der Waals surface area contributed by atoms with Crippen molar-refractivity contribution in [3.8, 4) is 0 Å². The smallest absolute Gasteiger partial charge is 0.320 e. The molecule has 11 nitrogen and oxygen atoms in total. The molecule has 1 aliphatic carbocycles. The molecule has 5 atom stereocenters. The summed E-state index contributed by atoms with van der Waals surface area (Å²) in [6.07, 6.45) is 5.93. The zero-order valence-electron chi connectivity index (χ0n) is 18.4. The van der Waals surface area contributed by atoms with Gasteiger partial charge in [0, 0.05) is 12.3 Å². The minimum atomic E-state index is -1.15. The zero-order chi connectivity index (χ0) is 23.4. The third kappa shape index (κ3) is 5.57. The number of nitrogens with zero attached hydrogens (tertiary/aromatic N) is 4. The first-order valence-corrected chi connectivity index (χ1v) is 12.6. The van der Waals surface area contributed by atoms with Crippen LogP contribution in [0.4, 0.5) is 5.82 Å². The Hall–Kier alpha value is -1.99. The number of hydrogen-bond donors (Lipinski definition) is 5. The van der Waals surface area contributed by atoms with Crippen molar-refractivity contribution in [3.63, 3.8) is 0 Å². The lowest BCUT2D eigenvalue weighted by Gasteiger charge is -2.22. The number of anilines is 1. The highest BCUT2D eigenvalue weighted by Crippen LogP contribution is 2.34. The molecule has 0 aromatic carbocycles. The third-order valence-electron chi connectivity index (χ3n) is 6.43. The van der Waals surface area contributed by atoms with E-state index in [0.29, 0.717) is 40.8 Å². The quantitative estimate of drug-likeness (QED) is 0.307. The average molecular weight is 481 g/mol. The van der Waals surface area contributed by atoms with E-state index in [1.165, 1.54) is 50.2 Å². The van der Waals surface area contributed by atoms with Crippen LogP contribution in [-0.2, 0) is 9.53 Å². The summed E-state index contributed by atoms with van der Waals surface area (Å²) in [6.45, 7) is 0.838. The molecule has 1 unspecified atom stereocenters. The molecule has 2 aromatic rings. The van der Waals surface area contributed by atoms with E-state index in [1.807, 2.05) is 0 Å². The van der Waals surface area contributed by atoms with Gasteiger partial charge in [-0.25, -0.2) is 15.0 Å². The Morgan fingerprint density at radius 2 is 2.03 bits per heavy atom. The van der Waals surface area contributed by atoms with E-state index in [1.54, 1.807) is 10.9 Å². The Kier molecular flexibility index (Phi) is 8.02. The lowest BCUT2D eigenvalue weighted by Crippen LogP contribution is -2.33. The van der Waals surface area contributed by atoms with E-state index in [-0.39, 0.29) is 0 Å². The zero-order valence-corrected chi connectivity index (χ0v) is 19.2. The number of ether oxygens (including phenoxy) is 1. The molecule has 1 aliphatic heterocycles. The number of carboxylic acid groups (broad SMARTS) is 1. The van der Waals surface area contributed by atoms with Crippen molar-refractivity contribution in [2.45, 2.75) is 69.1 Å². The van der Waals surface area contributed by atoms with E-state index < -0.39 is 36.6 Å². The van der Waals surface area contributed by atoms with Crippen molar-refractivity contribution in [2.75, 3.05) is 23.4 Å². The molecule has 3 heterocycles. The first-order valence-electron chi connectivity index (χ1n) is 11.4. The highest BCUT2D eigenvalue weighted by molar-refractivity contribution is 7.99. The number of rotatable bonds is 10. The second-order valence-electron chi connectivity index (χ2n) is 8.79. The van der Waals surface area contributed by atoms with Crippen LogP contribution in [0.3, 0.4) is 0 Å². The number of thioether (sulfide) groups is 1. The van der Waals surface area contributed by atoms with Crippen molar-refractivity contribution >= 4 is 34.7 Å². The number of imidazole rings is 1. The molecular weight excluding hydrogens is 448 g/mol. The molecule has 1 saturated heterocycles. The highest BCUT2D eigenvalue weighted by Gasteiger charge is 2.44. The van der Waals surface area contributed by atoms with Crippen LogP contribution in [0.15, 0.2) is 12.7 Å². The minimum absolute atomic E-state index is 0.314. The van der Waals surface area contributed by atoms with Gasteiger partial charge in [0.15, 0.2) is 23.2 Å². The van der Waals surface area contributed by atoms with Crippen LogP contribution in [-0.4, -0.2) is 83.2 Å². The van der Waals surface area contributed by atoms with Crippen LogP contribution in [0.2, 0.25) is 0 Å². The monoisotopic (exact) mass is 480 g/mol. The molecule has 2 fully saturated rings. The number of hydrogen-bond acceptors (Lipinski definition) is 10. The summed E-state index contributed by atoms with van der Waals surface area (Å²) < 4.78 is 7.59. The number of carbonyl (C=O) groups is 1. The van der Waals surface area contributed by atoms with Crippen LogP contribution in [0.5, 0.6) is 0 Å². The molecule has 4 rings (SSSR count). The molecule has 0 bridgehead atoms. The van der Waals surface area contributed by atoms with Crippen LogP contribution in [0, 0.1) is 5.92 Å². The van der Waals surface area contributed by atoms with Crippen LogP contribution in [0.1, 0.15) is 44.8 Å². The van der Waals surface area contributed by atoms with Gasteiger partial charge in [-0.3, -0.25) is 9.36 Å². The Labute approximate surface area is 196 Å². The van der Waals surface area contributed by atoms with E-state index >= 15 is 0 Å². The maximum Gasteiger partial charge on any atom is 0.320 e. The van der Waals surface area contributed by atoms with Gasteiger partial charge in [0.25, 0.3) is 0 Å². The number of nitrogens with two attached hydrogens (primary N) is 1. The SMILES string of the molecule is NC(CCSC[C@H]1O[C@@H](n2cnc3c(NCC4CCCCC4)ncnc32)[C@H](O)[C@@H]1O)C(=O)O. The molecule has 33 heavy (non-hydrogen) atoms. The molecule has 1 saturated carbocycles. The number of aliphatic hydroxyl groups excluding tert-OH is 2. The summed E-state index contributed by atoms with van der Waals surface area (Å²) in [5.74, 6) is 1.16. The van der Waals surface area contributed by atoms with Gasteiger partial charge in [-0.2, -0.15) is 11.8 Å². The van der Waals surface area contributed by atoms with Gasteiger partial charge in [-0.05, 0) is 30.9 Å². The lowest BCUT2D eigenvalue weighted by atomic mass is 9.89. The summed E-state index contributed by atoms with van der Waals surface area (Å²) in [5.41, 5.74) is 6.63. The first-order chi connectivity index (χ1) is 16.0. The maximum absolute atomic E-state index is 10.8. The molecule has 0 amide bonds. The molecular formula is C21H32N6O5S. The predicted octanol–water partition coefficient (Wildman–Crippen LogP) is 0.973. The van der Waals surface area contributed by atoms with Gasteiger partial charge in [0.1, 0.15) is 24.6 Å². The molecule has 182 valence electrons. The fourth-order valence-electron chi connectivity index (χ4n) is 4.43. The molecule has 0 spiro atoms. The molecule has 2 aromatic heterocycles. The second kappa shape index (κ2) is 11.0. The van der Waals surface area contributed by atoms with Crippen molar-refractivity contribution in [2.24, 2.45) is 11.7 Å². The van der Waals surface area contributed by atoms with Crippen molar-refractivity contribution < 1.29 is 24.9 Å². The number of aromatic nitrogens is 4. The van der Waals surface area contributed by atoms with Gasteiger partial charge in [0.2, 0.25) is 0 Å². The summed E-state index contributed by atoms with van der Waals surface area (Å²) in [4.78, 5) is 24.0. The largest absolute Gasteiger partial charge is 0.480 e. The summed E-state index contributed by atoms with van der Waals surface area (Å²) in [6, 6.07) is -0.914. The van der Waals surface area contributed by atoms with E-state index in [0.717, 1.165) is 6.54 Å². The number of aliphatic hydroxyl groups is 2. The minimum Gasteiger partial charge on any atom is -0.480 e. The lowest BCUT2D eigenvalue weighted by molar-refractivity contribution is -0.138. The standard InChI is InChI=1S/C21H32N6O5S/c22-13(21(30)31)6-7-33-9-14-16(28)17(29)20(32-14)27-11-26-15-18(24-10-25-19(15)27)23-8-12-4-2-1-3-5-12/h10-14,16-17,20,28-29H,1-9,22H2,(H,30,31)(H,23,24,25)/t13?,14-,16-,17-,20-/m1/s1. The number of fused-ring (bicyclic) bond motifs is 1. The fraction of sp³-hybridized carbons (Fsp3) is 0.714. The third-order valence-corrected chi connectivity index (χ3v) is 7.51. The Morgan fingerprint density at radius 3 is 2.79 bits per heavy atom. The second-order valence-corrected chi connectivity index (χ2v) is 9.94. The van der Waals surface area contributed by atoms with Gasteiger partial charge < -0.3 is 31.1 Å². The van der Waals surface area contributed by atoms with Gasteiger partial charge in [-0.1, -0.05) is 19.3 Å². The predicted molar refractivity (Wildman–Crippen MR) is 124 cm³/mol. The topological polar surface area (TPSA) is 169 Å². The number of aliphatic carboxylic acids is 1. The van der Waals surface area contributed by atoms with Crippen molar-refractivity contribution in [1.29, 1.82) is 0 Å². The number of nitrogens with one attached hydrogen (secondary N) is 1. The first kappa shape index (κ1) is 24.1. The average Bonchev–Trinajstić information content (AvgIpc) is 3.37. The summed E-state index contributed by atoms with van der Waals surface area (Å²) >= 11 is 1.43. The molecule has 6 N–H and O–H groups in total. The number of carboxylic acids is 1. The van der Waals surface area contributed by atoms with Crippen molar-refractivity contribution in [3.05, 3.63) is 12.7 Å².